The van der Waals surface area contributed by atoms with Crippen molar-refractivity contribution in [3.63, 3.8) is 0 Å². The Bertz CT molecular complexity index is 5080. The molecule has 2 aromatic heterocycles. The highest BCUT2D eigenvalue weighted by atomic mass is 14.8. The molecule has 0 amide bonds. The minimum absolute atomic E-state index is 0.857. The summed E-state index contributed by atoms with van der Waals surface area (Å²) in [6, 6.07) is 115. The van der Waals surface area contributed by atoms with Gasteiger partial charge in [0.25, 0.3) is 0 Å². The average molecular weight is 1090 g/mol. The van der Waals surface area contributed by atoms with E-state index in [-0.39, 0.29) is 0 Å². The third-order valence-corrected chi connectivity index (χ3v) is 17.9. The van der Waals surface area contributed by atoms with Gasteiger partial charge in [-0.3, -0.25) is 0 Å². The Kier molecular flexibility index (Phi) is 11.6. The molecule has 398 valence electrons. The molecule has 0 aliphatic rings. The molecule has 86 heavy (non-hydrogen) atoms. The molecule has 0 bridgehead atoms. The number of aromatic nitrogens is 2. The van der Waals surface area contributed by atoms with Crippen LogP contribution in [0.3, 0.4) is 0 Å². The summed E-state index contributed by atoms with van der Waals surface area (Å²) in [5, 5.41) is 16.4. The quantitative estimate of drug-likeness (QED) is 0.112. The van der Waals surface area contributed by atoms with Crippen molar-refractivity contribution in [1.29, 1.82) is 0 Å². The van der Waals surface area contributed by atoms with Crippen molar-refractivity contribution in [2.24, 2.45) is 0 Å². The summed E-state index contributed by atoms with van der Waals surface area (Å²) in [4.78, 5) is 11.9. The van der Waals surface area contributed by atoms with E-state index in [1.807, 2.05) is 0 Å². The fraction of sp³-hybridized carbons (Fsp3) is 0. The smallest absolute Gasteiger partial charge is 0.0978 e. The predicted molar refractivity (Wildman–Crippen MR) is 366 cm³/mol. The first-order chi connectivity index (χ1) is 42.7. The molecule has 0 spiro atoms. The van der Waals surface area contributed by atoms with E-state index in [0.29, 0.717) is 0 Å². The summed E-state index contributed by atoms with van der Waals surface area (Å²) in [6.07, 6.45) is 0. The molecule has 0 radical (unpaired) electrons. The van der Waals surface area contributed by atoms with E-state index in [1.165, 1.54) is 87.6 Å². The third-order valence-electron chi connectivity index (χ3n) is 17.9. The van der Waals surface area contributed by atoms with Crippen molar-refractivity contribution < 1.29 is 0 Å². The SMILES string of the molecule is c1ccc(-c2cc(-c3c4ccccc4c(-c4ccc(-c5cccc6ccccc56)cc4)c4ccccc34)nc3c2ccc2c(-c4ccccc4)cc(-c4c5ccccc5c(-c5ccc(-c6cccc7ccccc67)cc5)c5ccccc45)nc23)cc1. The Balaban J connectivity index is 0.903. The lowest BCUT2D eigenvalue weighted by molar-refractivity contribution is 1.38. The summed E-state index contributed by atoms with van der Waals surface area (Å²) < 4.78 is 0. The topological polar surface area (TPSA) is 25.8 Å². The highest BCUT2D eigenvalue weighted by Crippen LogP contribution is 2.49. The normalized spacial score (nSPS) is 11.7. The van der Waals surface area contributed by atoms with Crippen LogP contribution in [0, 0.1) is 0 Å². The van der Waals surface area contributed by atoms with Gasteiger partial charge in [0, 0.05) is 21.9 Å². The van der Waals surface area contributed by atoms with Crippen LogP contribution in [-0.2, 0) is 0 Å². The van der Waals surface area contributed by atoms with Crippen LogP contribution in [0.25, 0.3) is 176 Å². The van der Waals surface area contributed by atoms with E-state index < -0.39 is 0 Å². The van der Waals surface area contributed by atoms with E-state index in [1.54, 1.807) is 0 Å². The van der Waals surface area contributed by atoms with Crippen LogP contribution < -0.4 is 0 Å². The zero-order valence-electron chi connectivity index (χ0n) is 46.9. The molecule has 0 saturated heterocycles. The Morgan fingerprint density at radius 1 is 0.163 bits per heavy atom. The minimum Gasteiger partial charge on any atom is -0.245 e. The van der Waals surface area contributed by atoms with Crippen LogP contribution in [0.1, 0.15) is 0 Å². The number of hydrogen-bond acceptors (Lipinski definition) is 2. The molecular formula is C84H52N2. The van der Waals surface area contributed by atoms with Gasteiger partial charge in [-0.15, -0.1) is 0 Å². The molecule has 0 atom stereocenters. The maximum atomic E-state index is 5.96. The van der Waals surface area contributed by atoms with Crippen LogP contribution in [0.2, 0.25) is 0 Å². The van der Waals surface area contributed by atoms with Crippen molar-refractivity contribution in [1.82, 2.24) is 9.97 Å². The van der Waals surface area contributed by atoms with Gasteiger partial charge in [0.1, 0.15) is 0 Å². The molecule has 0 fully saturated rings. The van der Waals surface area contributed by atoms with Gasteiger partial charge in [0.2, 0.25) is 0 Å². The van der Waals surface area contributed by atoms with Crippen molar-refractivity contribution in [2.75, 3.05) is 0 Å². The van der Waals surface area contributed by atoms with Crippen LogP contribution >= 0.6 is 0 Å². The van der Waals surface area contributed by atoms with Crippen molar-refractivity contribution in [3.8, 4) is 89.3 Å². The average Bonchev–Trinajstić information content (AvgIpc) is 1.13. The Labute approximate surface area is 498 Å². The first-order valence-electron chi connectivity index (χ1n) is 29.6. The molecule has 0 N–H and O–H groups in total. The number of hydrogen-bond donors (Lipinski definition) is 0. The second kappa shape index (κ2) is 20.2. The maximum absolute atomic E-state index is 5.96. The monoisotopic (exact) mass is 1090 g/mol. The predicted octanol–water partition coefficient (Wildman–Crippen LogP) is 23.0. The number of fused-ring (bicyclic) bond motifs is 9. The van der Waals surface area contributed by atoms with Crippen LogP contribution in [-0.4, -0.2) is 9.97 Å². The molecule has 0 aliphatic carbocycles. The number of pyridine rings is 2. The molecule has 0 unspecified atom stereocenters. The molecule has 0 aliphatic heterocycles. The zero-order valence-corrected chi connectivity index (χ0v) is 46.9. The molecule has 2 heterocycles. The third kappa shape index (κ3) is 8.03. The summed E-state index contributed by atoms with van der Waals surface area (Å²) in [5.41, 5.74) is 19.8. The Morgan fingerprint density at radius 3 is 0.779 bits per heavy atom. The second-order valence-corrected chi connectivity index (χ2v) is 22.6. The number of benzene rings is 15. The first kappa shape index (κ1) is 49.3. The fourth-order valence-corrected chi connectivity index (χ4v) is 14.0. The molecule has 17 aromatic rings. The molecular weight excluding hydrogens is 1040 g/mol. The van der Waals surface area contributed by atoms with Crippen LogP contribution in [0.5, 0.6) is 0 Å². The van der Waals surface area contributed by atoms with Crippen molar-refractivity contribution in [3.05, 3.63) is 315 Å². The van der Waals surface area contributed by atoms with Crippen molar-refractivity contribution in [2.45, 2.75) is 0 Å². The van der Waals surface area contributed by atoms with E-state index in [4.69, 9.17) is 9.97 Å². The summed E-state index contributed by atoms with van der Waals surface area (Å²) in [6.45, 7) is 0. The molecule has 17 rings (SSSR count). The number of rotatable bonds is 8. The van der Waals surface area contributed by atoms with Gasteiger partial charge in [0.15, 0.2) is 0 Å². The standard InChI is InChI=1S/C84H52N2/c1-3-21-55(22-4-1)75-51-77(81-69-35-15-11-31-65(69)79(66-32-12-16-36-70(66)81)59-45-41-57(42-46-59)63-39-19-27-53-25-7-9-29-61(53)63)85-83-73(75)49-50-74-76(56-23-5-2-6-24-56)52-78(86-84(74)83)82-71-37-17-13-33-67(71)80(68-34-14-18-38-72(68)82)60-47-43-58(44-48-60)64-40-20-28-54-26-8-10-30-62(54)64/h1-52H. The lowest BCUT2D eigenvalue weighted by Gasteiger charge is -2.20. The highest BCUT2D eigenvalue weighted by molar-refractivity contribution is 6.24. The first-order valence-corrected chi connectivity index (χ1v) is 29.6. The lowest BCUT2D eigenvalue weighted by Crippen LogP contribution is -1.98. The summed E-state index contributed by atoms with van der Waals surface area (Å²) in [7, 11) is 0. The van der Waals surface area contributed by atoms with E-state index in [2.05, 4.69) is 315 Å². The van der Waals surface area contributed by atoms with Crippen molar-refractivity contribution >= 4 is 86.4 Å². The van der Waals surface area contributed by atoms with Gasteiger partial charge in [-0.1, -0.05) is 303 Å². The summed E-state index contributed by atoms with van der Waals surface area (Å²) >= 11 is 0. The number of nitrogens with zero attached hydrogens (tertiary/aromatic N) is 2. The second-order valence-electron chi connectivity index (χ2n) is 22.6. The fourth-order valence-electron chi connectivity index (χ4n) is 14.0. The van der Waals surface area contributed by atoms with Gasteiger partial charge in [-0.25, -0.2) is 9.97 Å². The Morgan fingerprint density at radius 2 is 0.430 bits per heavy atom. The van der Waals surface area contributed by atoms with Gasteiger partial charge in [0.05, 0.1) is 22.4 Å². The maximum Gasteiger partial charge on any atom is 0.0978 e. The van der Waals surface area contributed by atoms with Gasteiger partial charge < -0.3 is 0 Å². The highest BCUT2D eigenvalue weighted by Gasteiger charge is 2.24. The summed E-state index contributed by atoms with van der Waals surface area (Å²) in [5.74, 6) is 0. The molecule has 15 aromatic carbocycles. The van der Waals surface area contributed by atoms with E-state index in [0.717, 1.165) is 88.1 Å². The Hall–Kier alpha value is -11.3. The van der Waals surface area contributed by atoms with Gasteiger partial charge in [-0.05, 0) is 144 Å². The van der Waals surface area contributed by atoms with E-state index >= 15 is 0 Å². The van der Waals surface area contributed by atoms with Crippen LogP contribution in [0.15, 0.2) is 315 Å². The molecule has 0 saturated carbocycles. The zero-order chi connectivity index (χ0) is 56.7. The largest absolute Gasteiger partial charge is 0.245 e. The minimum atomic E-state index is 0.857. The molecule has 2 nitrogen and oxygen atoms in total. The lowest BCUT2D eigenvalue weighted by atomic mass is 9.85. The van der Waals surface area contributed by atoms with Gasteiger partial charge in [-0.2, -0.15) is 0 Å². The van der Waals surface area contributed by atoms with Gasteiger partial charge >= 0.3 is 0 Å². The van der Waals surface area contributed by atoms with E-state index in [9.17, 15) is 0 Å². The van der Waals surface area contributed by atoms with Crippen LogP contribution in [0.4, 0.5) is 0 Å². The molecule has 2 heteroatoms.